The second kappa shape index (κ2) is 4.93. The summed E-state index contributed by atoms with van der Waals surface area (Å²) in [6, 6.07) is 13.2. The highest BCUT2D eigenvalue weighted by Gasteiger charge is 2.09. The molecule has 1 heterocycles. The molecule has 1 aromatic heterocycles. The van der Waals surface area contributed by atoms with E-state index in [4.69, 9.17) is 4.74 Å². The Bertz CT molecular complexity index is 759. The maximum atomic E-state index is 9.45. The molecule has 20 heavy (non-hydrogen) atoms. The van der Waals surface area contributed by atoms with Crippen molar-refractivity contribution in [2.75, 3.05) is 0 Å². The summed E-state index contributed by atoms with van der Waals surface area (Å²) in [4.78, 5) is 0. The number of phenols is 1. The summed E-state index contributed by atoms with van der Waals surface area (Å²) in [7, 11) is 2.04. The van der Waals surface area contributed by atoms with Crippen LogP contribution in [0.3, 0.4) is 0 Å². The van der Waals surface area contributed by atoms with E-state index in [0.29, 0.717) is 12.4 Å². The van der Waals surface area contributed by atoms with Crippen molar-refractivity contribution in [2.45, 2.75) is 13.5 Å². The van der Waals surface area contributed by atoms with E-state index in [1.54, 1.807) is 18.2 Å². The van der Waals surface area contributed by atoms with Crippen LogP contribution in [0.2, 0.25) is 0 Å². The lowest BCUT2D eigenvalue weighted by atomic mass is 10.1. The fourth-order valence-corrected chi connectivity index (χ4v) is 2.58. The van der Waals surface area contributed by atoms with Gasteiger partial charge in [-0.15, -0.1) is 0 Å². The number of nitrogens with zero attached hydrogens (tertiary/aromatic N) is 1. The van der Waals surface area contributed by atoms with Crippen LogP contribution in [0.15, 0.2) is 48.7 Å². The topological polar surface area (TPSA) is 34.4 Å². The quantitative estimate of drug-likeness (QED) is 0.783. The molecule has 0 atom stereocenters. The van der Waals surface area contributed by atoms with Gasteiger partial charge in [0, 0.05) is 35.8 Å². The van der Waals surface area contributed by atoms with Gasteiger partial charge >= 0.3 is 0 Å². The molecule has 0 radical (unpaired) electrons. The molecule has 102 valence electrons. The van der Waals surface area contributed by atoms with E-state index < -0.39 is 0 Å². The Labute approximate surface area is 118 Å². The van der Waals surface area contributed by atoms with Crippen LogP contribution in [0.25, 0.3) is 10.9 Å². The minimum atomic E-state index is 0.219. The van der Waals surface area contributed by atoms with Crippen LogP contribution < -0.4 is 4.74 Å². The van der Waals surface area contributed by atoms with E-state index in [2.05, 4.69) is 35.9 Å². The Morgan fingerprint density at radius 2 is 1.95 bits per heavy atom. The van der Waals surface area contributed by atoms with Crippen LogP contribution in [-0.4, -0.2) is 9.67 Å². The van der Waals surface area contributed by atoms with Gasteiger partial charge in [0.2, 0.25) is 0 Å². The third-order valence-corrected chi connectivity index (χ3v) is 3.51. The number of hydrogen-bond acceptors (Lipinski definition) is 2. The van der Waals surface area contributed by atoms with Crippen LogP contribution in [-0.2, 0) is 13.7 Å². The molecular weight excluding hydrogens is 250 g/mol. The van der Waals surface area contributed by atoms with Crippen molar-refractivity contribution in [3.63, 3.8) is 0 Å². The highest BCUT2D eigenvalue weighted by Crippen LogP contribution is 2.26. The number of rotatable bonds is 3. The van der Waals surface area contributed by atoms with E-state index in [1.165, 1.54) is 16.5 Å². The van der Waals surface area contributed by atoms with Crippen LogP contribution in [0.4, 0.5) is 0 Å². The molecule has 0 saturated heterocycles. The Hall–Kier alpha value is -2.42. The smallest absolute Gasteiger partial charge is 0.123 e. The Morgan fingerprint density at radius 3 is 2.75 bits per heavy atom. The van der Waals surface area contributed by atoms with Gasteiger partial charge in [-0.05, 0) is 30.7 Å². The van der Waals surface area contributed by atoms with E-state index >= 15 is 0 Å². The summed E-state index contributed by atoms with van der Waals surface area (Å²) in [5.41, 5.74) is 3.61. The van der Waals surface area contributed by atoms with Crippen molar-refractivity contribution < 1.29 is 9.84 Å². The fourth-order valence-electron chi connectivity index (χ4n) is 2.58. The molecule has 0 spiro atoms. The molecule has 0 aliphatic rings. The molecule has 3 aromatic rings. The highest BCUT2D eigenvalue weighted by molar-refractivity contribution is 5.87. The highest BCUT2D eigenvalue weighted by atomic mass is 16.5. The zero-order valence-electron chi connectivity index (χ0n) is 11.6. The van der Waals surface area contributed by atoms with Crippen LogP contribution in [0, 0.1) is 6.92 Å². The van der Waals surface area contributed by atoms with Gasteiger partial charge in [0.25, 0.3) is 0 Å². The van der Waals surface area contributed by atoms with E-state index in [-0.39, 0.29) is 5.75 Å². The number of ether oxygens (including phenoxy) is 1. The first-order chi connectivity index (χ1) is 9.65. The Kier molecular flexibility index (Phi) is 3.11. The summed E-state index contributed by atoms with van der Waals surface area (Å²) in [5.74, 6) is 0.896. The van der Waals surface area contributed by atoms with Crippen LogP contribution in [0.5, 0.6) is 11.5 Å². The molecule has 0 saturated carbocycles. The average Bonchev–Trinajstić information content (AvgIpc) is 2.75. The number of phenolic OH excluding ortho intramolecular Hbond substituents is 1. The summed E-state index contributed by atoms with van der Waals surface area (Å²) < 4.78 is 7.89. The minimum Gasteiger partial charge on any atom is -0.508 e. The average molecular weight is 267 g/mol. The van der Waals surface area contributed by atoms with Gasteiger partial charge in [-0.2, -0.15) is 0 Å². The number of aromatic hydroxyl groups is 1. The molecule has 3 rings (SSSR count). The molecule has 1 N–H and O–H groups in total. The normalized spacial score (nSPS) is 10.9. The third-order valence-electron chi connectivity index (χ3n) is 3.51. The third kappa shape index (κ3) is 2.23. The molecule has 3 nitrogen and oxygen atoms in total. The molecular formula is C17H17NO2. The molecule has 0 amide bonds. The van der Waals surface area contributed by atoms with Gasteiger partial charge in [-0.1, -0.05) is 18.2 Å². The first-order valence-electron chi connectivity index (χ1n) is 6.60. The van der Waals surface area contributed by atoms with Gasteiger partial charge in [0.15, 0.2) is 0 Å². The predicted molar refractivity (Wildman–Crippen MR) is 80.1 cm³/mol. The largest absolute Gasteiger partial charge is 0.508 e. The van der Waals surface area contributed by atoms with Crippen molar-refractivity contribution in [2.24, 2.45) is 7.05 Å². The summed E-state index contributed by atoms with van der Waals surface area (Å²) in [6.07, 6.45) is 2.10. The first-order valence-corrected chi connectivity index (χ1v) is 6.60. The predicted octanol–water partition coefficient (Wildman–Crippen LogP) is 3.77. The van der Waals surface area contributed by atoms with Crippen molar-refractivity contribution in [3.05, 3.63) is 59.8 Å². The van der Waals surface area contributed by atoms with E-state index in [0.717, 1.165) is 5.56 Å². The van der Waals surface area contributed by atoms with Gasteiger partial charge < -0.3 is 14.4 Å². The molecule has 0 bridgehead atoms. The number of fused-ring (bicyclic) bond motifs is 1. The molecule has 0 aliphatic heterocycles. The minimum absolute atomic E-state index is 0.219. The lowest BCUT2D eigenvalue weighted by Crippen LogP contribution is -1.95. The van der Waals surface area contributed by atoms with Crippen molar-refractivity contribution in [3.8, 4) is 11.5 Å². The van der Waals surface area contributed by atoms with Gasteiger partial charge in [0.05, 0.1) is 0 Å². The second-order valence-corrected chi connectivity index (χ2v) is 5.02. The Morgan fingerprint density at radius 1 is 1.15 bits per heavy atom. The molecule has 0 fully saturated rings. The maximum Gasteiger partial charge on any atom is 0.123 e. The number of aromatic nitrogens is 1. The molecule has 2 aromatic carbocycles. The summed E-state index contributed by atoms with van der Waals surface area (Å²) in [6.45, 7) is 2.60. The zero-order chi connectivity index (χ0) is 14.1. The molecule has 3 heteroatoms. The van der Waals surface area contributed by atoms with Crippen molar-refractivity contribution in [1.29, 1.82) is 0 Å². The number of hydrogen-bond donors (Lipinski definition) is 1. The zero-order valence-corrected chi connectivity index (χ0v) is 11.6. The second-order valence-electron chi connectivity index (χ2n) is 5.02. The molecule has 0 aliphatic carbocycles. The van der Waals surface area contributed by atoms with Crippen LogP contribution in [0.1, 0.15) is 11.1 Å². The fraction of sp³-hybridized carbons (Fsp3) is 0.176. The van der Waals surface area contributed by atoms with E-state index in [9.17, 15) is 5.11 Å². The maximum absolute atomic E-state index is 9.45. The van der Waals surface area contributed by atoms with Crippen molar-refractivity contribution in [1.82, 2.24) is 4.57 Å². The van der Waals surface area contributed by atoms with Crippen LogP contribution >= 0.6 is 0 Å². The number of aryl methyl sites for hydroxylation is 2. The first kappa shape index (κ1) is 12.6. The van der Waals surface area contributed by atoms with Gasteiger partial charge in [-0.25, -0.2) is 0 Å². The SMILES string of the molecule is Cc1cccc2c1c(COc1cccc(O)c1)cn2C. The summed E-state index contributed by atoms with van der Waals surface area (Å²) >= 11 is 0. The van der Waals surface area contributed by atoms with Gasteiger partial charge in [-0.3, -0.25) is 0 Å². The lowest BCUT2D eigenvalue weighted by molar-refractivity contribution is 0.305. The molecule has 0 unspecified atom stereocenters. The summed E-state index contributed by atoms with van der Waals surface area (Å²) in [5, 5.41) is 10.7. The lowest BCUT2D eigenvalue weighted by Gasteiger charge is -2.06. The van der Waals surface area contributed by atoms with Gasteiger partial charge in [0.1, 0.15) is 18.1 Å². The number of benzene rings is 2. The Balaban J connectivity index is 1.92. The monoisotopic (exact) mass is 267 g/mol. The van der Waals surface area contributed by atoms with E-state index in [1.807, 2.05) is 13.1 Å². The van der Waals surface area contributed by atoms with Crippen molar-refractivity contribution >= 4 is 10.9 Å². The standard InChI is InChI=1S/C17H17NO2/c1-12-5-3-8-16-17(12)13(10-18(16)2)11-20-15-7-4-6-14(19)9-15/h3-10,19H,11H2,1-2H3.